The van der Waals surface area contributed by atoms with Gasteiger partial charge in [-0.15, -0.1) is 0 Å². The third kappa shape index (κ3) is 4.93. The second-order valence-corrected chi connectivity index (χ2v) is 7.12. The molecular formula is C22H24N2O5. The van der Waals surface area contributed by atoms with Crippen LogP contribution in [0.5, 0.6) is 5.75 Å². The van der Waals surface area contributed by atoms with Gasteiger partial charge < -0.3 is 20.1 Å². The topological polar surface area (TPSA) is 95.9 Å². The van der Waals surface area contributed by atoms with Crippen molar-refractivity contribution in [1.29, 1.82) is 0 Å². The molecule has 0 spiro atoms. The first-order valence-corrected chi connectivity index (χ1v) is 9.48. The summed E-state index contributed by atoms with van der Waals surface area (Å²) >= 11 is 0. The Labute approximate surface area is 169 Å². The lowest BCUT2D eigenvalue weighted by molar-refractivity contribution is -0.139. The average Bonchev–Trinajstić information content (AvgIpc) is 3.11. The molecule has 1 fully saturated rings. The molecule has 0 atom stereocenters. The summed E-state index contributed by atoms with van der Waals surface area (Å²) in [4.78, 5) is 36.8. The van der Waals surface area contributed by atoms with Crippen LogP contribution >= 0.6 is 0 Å². The summed E-state index contributed by atoms with van der Waals surface area (Å²) in [7, 11) is 0. The number of carbonyl (C=O) groups is 3. The molecule has 1 aliphatic rings. The van der Waals surface area contributed by atoms with Crippen molar-refractivity contribution in [2.24, 2.45) is 0 Å². The molecule has 0 aliphatic carbocycles. The van der Waals surface area contributed by atoms with E-state index in [1.165, 1.54) is 0 Å². The number of hydrogen-bond acceptors (Lipinski definition) is 4. The summed E-state index contributed by atoms with van der Waals surface area (Å²) in [5.41, 5.74) is 3.71. The molecule has 1 saturated heterocycles. The van der Waals surface area contributed by atoms with E-state index in [0.717, 1.165) is 24.2 Å². The number of anilines is 1. The van der Waals surface area contributed by atoms with Gasteiger partial charge >= 0.3 is 5.97 Å². The minimum absolute atomic E-state index is 0.146. The molecule has 0 unspecified atom stereocenters. The molecule has 2 amide bonds. The Bertz CT molecular complexity index is 914. The third-order valence-corrected chi connectivity index (χ3v) is 4.84. The molecule has 3 rings (SSSR count). The molecule has 0 bridgehead atoms. The van der Waals surface area contributed by atoms with Crippen molar-refractivity contribution >= 4 is 23.5 Å². The van der Waals surface area contributed by atoms with E-state index in [2.05, 4.69) is 5.32 Å². The number of aliphatic carboxylic acids is 1. The van der Waals surface area contributed by atoms with Crippen LogP contribution in [0.1, 0.15) is 39.9 Å². The molecule has 29 heavy (non-hydrogen) atoms. The fourth-order valence-electron chi connectivity index (χ4n) is 3.44. The van der Waals surface area contributed by atoms with Gasteiger partial charge in [0.05, 0.1) is 0 Å². The Morgan fingerprint density at radius 1 is 1.14 bits per heavy atom. The van der Waals surface area contributed by atoms with E-state index in [0.29, 0.717) is 35.4 Å². The van der Waals surface area contributed by atoms with Crippen molar-refractivity contribution in [2.45, 2.75) is 33.2 Å². The van der Waals surface area contributed by atoms with Gasteiger partial charge in [0.15, 0.2) is 6.61 Å². The van der Waals surface area contributed by atoms with Crippen LogP contribution in [0.25, 0.3) is 0 Å². The molecule has 0 saturated carbocycles. The Morgan fingerprint density at radius 2 is 1.79 bits per heavy atom. The number of rotatable bonds is 7. The van der Waals surface area contributed by atoms with Crippen LogP contribution < -0.4 is 15.0 Å². The summed E-state index contributed by atoms with van der Waals surface area (Å²) in [5.74, 6) is -0.644. The number of carbonyl (C=O) groups excluding carboxylic acids is 2. The maximum absolute atomic E-state index is 12.5. The molecule has 1 aliphatic heterocycles. The van der Waals surface area contributed by atoms with Gasteiger partial charge in [0.1, 0.15) is 5.75 Å². The van der Waals surface area contributed by atoms with Gasteiger partial charge in [-0.1, -0.05) is 12.1 Å². The maximum atomic E-state index is 12.5. The van der Waals surface area contributed by atoms with Gasteiger partial charge in [-0.05, 0) is 61.2 Å². The van der Waals surface area contributed by atoms with E-state index in [9.17, 15) is 14.4 Å². The number of ether oxygens (including phenoxy) is 1. The Hall–Kier alpha value is -3.35. The van der Waals surface area contributed by atoms with Crippen molar-refractivity contribution in [3.8, 4) is 5.75 Å². The summed E-state index contributed by atoms with van der Waals surface area (Å²) in [6.07, 6.45) is 1.48. The SMILES string of the molecule is Cc1cc(C(=O)NCc2ccc(N3CCCC3=O)cc2)cc(C)c1OCC(=O)O. The van der Waals surface area contributed by atoms with Gasteiger partial charge in [-0.25, -0.2) is 4.79 Å². The van der Waals surface area contributed by atoms with Crippen LogP contribution in [-0.2, 0) is 16.1 Å². The van der Waals surface area contributed by atoms with Gasteiger partial charge in [-0.3, -0.25) is 9.59 Å². The summed E-state index contributed by atoms with van der Waals surface area (Å²) in [6, 6.07) is 11.0. The molecule has 7 heteroatoms. The zero-order chi connectivity index (χ0) is 21.0. The number of amides is 2. The highest BCUT2D eigenvalue weighted by molar-refractivity contribution is 5.95. The number of nitrogens with one attached hydrogen (secondary N) is 1. The van der Waals surface area contributed by atoms with Gasteiger partial charge in [-0.2, -0.15) is 0 Å². The fraction of sp³-hybridized carbons (Fsp3) is 0.318. The van der Waals surface area contributed by atoms with E-state index in [-0.39, 0.29) is 11.8 Å². The molecule has 0 radical (unpaired) electrons. The summed E-state index contributed by atoms with van der Waals surface area (Å²) in [6.45, 7) is 4.24. The number of carboxylic acid groups (broad SMARTS) is 1. The van der Waals surface area contributed by atoms with Gasteiger partial charge in [0.25, 0.3) is 5.91 Å². The second kappa shape index (κ2) is 8.77. The fourth-order valence-corrected chi connectivity index (χ4v) is 3.44. The number of carboxylic acids is 1. The highest BCUT2D eigenvalue weighted by Crippen LogP contribution is 2.25. The van der Waals surface area contributed by atoms with Crippen LogP contribution in [0, 0.1) is 13.8 Å². The number of nitrogens with zero attached hydrogens (tertiary/aromatic N) is 1. The smallest absolute Gasteiger partial charge is 0.341 e. The second-order valence-electron chi connectivity index (χ2n) is 7.12. The standard InChI is InChI=1S/C22H24N2O5/c1-14-10-17(11-15(2)21(14)29-13-20(26)27)22(28)23-12-16-5-7-18(8-6-16)24-9-3-4-19(24)25/h5-8,10-11H,3-4,9,12-13H2,1-2H3,(H,23,28)(H,26,27). The Morgan fingerprint density at radius 3 is 2.34 bits per heavy atom. The zero-order valence-corrected chi connectivity index (χ0v) is 16.5. The highest BCUT2D eigenvalue weighted by Gasteiger charge is 2.21. The van der Waals surface area contributed by atoms with Crippen molar-refractivity contribution in [3.05, 3.63) is 58.7 Å². The molecule has 2 aromatic rings. The van der Waals surface area contributed by atoms with Crippen LogP contribution in [0.4, 0.5) is 5.69 Å². The Balaban J connectivity index is 1.61. The van der Waals surface area contributed by atoms with Crippen LogP contribution in [0.3, 0.4) is 0 Å². The first-order valence-electron chi connectivity index (χ1n) is 9.48. The molecule has 7 nitrogen and oxygen atoms in total. The molecule has 2 N–H and O–H groups in total. The summed E-state index contributed by atoms with van der Waals surface area (Å²) in [5, 5.41) is 11.6. The quantitative estimate of drug-likeness (QED) is 0.750. The maximum Gasteiger partial charge on any atom is 0.341 e. The minimum atomic E-state index is -1.05. The average molecular weight is 396 g/mol. The zero-order valence-electron chi connectivity index (χ0n) is 16.5. The van der Waals surface area contributed by atoms with Gasteiger partial charge in [0.2, 0.25) is 5.91 Å². The van der Waals surface area contributed by atoms with Crippen molar-refractivity contribution in [1.82, 2.24) is 5.32 Å². The highest BCUT2D eigenvalue weighted by atomic mass is 16.5. The van der Waals surface area contributed by atoms with Crippen molar-refractivity contribution < 1.29 is 24.2 Å². The molecular weight excluding hydrogens is 372 g/mol. The normalized spacial score (nSPS) is 13.4. The largest absolute Gasteiger partial charge is 0.481 e. The molecule has 1 heterocycles. The van der Waals surface area contributed by atoms with Crippen molar-refractivity contribution in [3.63, 3.8) is 0 Å². The molecule has 0 aromatic heterocycles. The van der Waals surface area contributed by atoms with Gasteiger partial charge in [0, 0.05) is 30.8 Å². The van der Waals surface area contributed by atoms with Crippen LogP contribution in [0.15, 0.2) is 36.4 Å². The van der Waals surface area contributed by atoms with E-state index in [4.69, 9.17) is 9.84 Å². The van der Waals surface area contributed by atoms with E-state index in [1.807, 2.05) is 24.3 Å². The molecule has 152 valence electrons. The van der Waals surface area contributed by atoms with Crippen LogP contribution in [-0.4, -0.2) is 36.0 Å². The van der Waals surface area contributed by atoms with E-state index >= 15 is 0 Å². The lowest BCUT2D eigenvalue weighted by atomic mass is 10.0. The Kier molecular flexibility index (Phi) is 6.16. The number of benzene rings is 2. The first kappa shape index (κ1) is 20.4. The predicted molar refractivity (Wildman–Crippen MR) is 108 cm³/mol. The van der Waals surface area contributed by atoms with Crippen molar-refractivity contribution in [2.75, 3.05) is 18.1 Å². The van der Waals surface area contributed by atoms with E-state index < -0.39 is 12.6 Å². The third-order valence-electron chi connectivity index (χ3n) is 4.84. The lowest BCUT2D eigenvalue weighted by Crippen LogP contribution is -2.24. The van der Waals surface area contributed by atoms with Crippen LogP contribution in [0.2, 0.25) is 0 Å². The predicted octanol–water partition coefficient (Wildman–Crippen LogP) is 2.82. The monoisotopic (exact) mass is 396 g/mol. The number of hydrogen-bond donors (Lipinski definition) is 2. The lowest BCUT2D eigenvalue weighted by Gasteiger charge is -2.16. The minimum Gasteiger partial charge on any atom is -0.481 e. The first-order chi connectivity index (χ1) is 13.8. The number of aryl methyl sites for hydroxylation is 2. The van der Waals surface area contributed by atoms with E-state index in [1.54, 1.807) is 30.9 Å². The molecule has 2 aromatic carbocycles. The summed E-state index contributed by atoms with van der Waals surface area (Å²) < 4.78 is 5.29.